The minimum Gasteiger partial charge on any atom is -0.359 e. The van der Waals surface area contributed by atoms with E-state index in [0.717, 1.165) is 17.7 Å². The van der Waals surface area contributed by atoms with Gasteiger partial charge in [0.15, 0.2) is 0 Å². The van der Waals surface area contributed by atoms with Crippen molar-refractivity contribution in [3.63, 3.8) is 0 Å². The van der Waals surface area contributed by atoms with E-state index in [1.54, 1.807) is 6.20 Å². The van der Waals surface area contributed by atoms with Crippen LogP contribution in [0.15, 0.2) is 12.5 Å². The van der Waals surface area contributed by atoms with Crippen LogP contribution in [0.2, 0.25) is 0 Å². The molecule has 2 heterocycles. The van der Waals surface area contributed by atoms with Crippen LogP contribution in [0.1, 0.15) is 19.4 Å². The van der Waals surface area contributed by atoms with Crippen LogP contribution in [0.25, 0.3) is 0 Å². The van der Waals surface area contributed by atoms with Crippen molar-refractivity contribution in [2.45, 2.75) is 25.3 Å². The Labute approximate surface area is 76.4 Å². The molecular formula is C9H11N3O. The topological polar surface area (TPSA) is 54.9 Å². The second kappa shape index (κ2) is 2.52. The molecule has 0 aromatic carbocycles. The molecule has 0 saturated heterocycles. The molecule has 1 aromatic heterocycles. The van der Waals surface area contributed by atoms with Crippen LogP contribution in [-0.4, -0.2) is 22.3 Å². The van der Waals surface area contributed by atoms with E-state index < -0.39 is 0 Å². The van der Waals surface area contributed by atoms with Crippen LogP contribution in [0.5, 0.6) is 0 Å². The molecule has 1 unspecified atom stereocenters. The molecule has 0 saturated carbocycles. The molecule has 0 aliphatic carbocycles. The number of rotatable bonds is 1. The molecule has 68 valence electrons. The maximum absolute atomic E-state index is 10.8. The van der Waals surface area contributed by atoms with E-state index in [-0.39, 0.29) is 11.5 Å². The van der Waals surface area contributed by atoms with E-state index >= 15 is 0 Å². The van der Waals surface area contributed by atoms with Crippen molar-refractivity contribution in [1.29, 1.82) is 0 Å². The minimum atomic E-state index is -0.210. The normalized spacial score (nSPS) is 23.4. The van der Waals surface area contributed by atoms with E-state index in [9.17, 15) is 4.79 Å². The van der Waals surface area contributed by atoms with Gasteiger partial charge in [-0.1, -0.05) is 13.8 Å². The van der Waals surface area contributed by atoms with Crippen molar-refractivity contribution in [3.8, 4) is 0 Å². The van der Waals surface area contributed by atoms with Gasteiger partial charge in [0.2, 0.25) is 0 Å². The predicted octanol–water partition coefficient (Wildman–Crippen LogP) is 0.747. The monoisotopic (exact) mass is 177 g/mol. The largest absolute Gasteiger partial charge is 0.359 e. The maximum atomic E-state index is 10.8. The molecule has 1 N–H and O–H groups in total. The Balaban J connectivity index is 2.53. The van der Waals surface area contributed by atoms with Crippen molar-refractivity contribution in [2.24, 2.45) is 0 Å². The summed E-state index contributed by atoms with van der Waals surface area (Å²) in [5.41, 5.74) is 0.797. The summed E-state index contributed by atoms with van der Waals surface area (Å²) in [5, 5.41) is 3.06. The molecule has 1 atom stereocenters. The quantitative estimate of drug-likeness (QED) is 0.643. The predicted molar refractivity (Wildman–Crippen MR) is 48.5 cm³/mol. The van der Waals surface area contributed by atoms with E-state index in [1.165, 1.54) is 6.33 Å². The van der Waals surface area contributed by atoms with Gasteiger partial charge in [-0.05, 0) is 0 Å². The Kier molecular flexibility index (Phi) is 1.58. The minimum absolute atomic E-state index is 0.195. The summed E-state index contributed by atoms with van der Waals surface area (Å²) in [6, 6.07) is -0.195. The number of hydrogen-bond acceptors (Lipinski definition) is 4. The number of fused-ring (bicyclic) bond motifs is 1. The average Bonchev–Trinajstić information content (AvgIpc) is 2.39. The number of nitrogens with one attached hydrogen (secondary N) is 1. The van der Waals surface area contributed by atoms with Gasteiger partial charge < -0.3 is 10.1 Å². The van der Waals surface area contributed by atoms with Crippen molar-refractivity contribution in [2.75, 3.05) is 5.32 Å². The number of hydrogen-bond donors (Lipinski definition) is 1. The first-order valence-electron chi connectivity index (χ1n) is 4.18. The van der Waals surface area contributed by atoms with Crippen molar-refractivity contribution >= 4 is 12.1 Å². The van der Waals surface area contributed by atoms with Gasteiger partial charge in [-0.3, -0.25) is 0 Å². The number of carbonyl (C=O) groups excluding carboxylic acids is 1. The molecule has 0 amide bonds. The second-order valence-corrected chi connectivity index (χ2v) is 3.76. The molecule has 0 spiro atoms. The molecule has 0 bridgehead atoms. The Hall–Kier alpha value is -1.45. The van der Waals surface area contributed by atoms with Crippen LogP contribution < -0.4 is 5.32 Å². The molecular weight excluding hydrogens is 166 g/mol. The van der Waals surface area contributed by atoms with Gasteiger partial charge in [0, 0.05) is 17.2 Å². The van der Waals surface area contributed by atoms with Gasteiger partial charge in [-0.25, -0.2) is 9.97 Å². The lowest BCUT2D eigenvalue weighted by molar-refractivity contribution is -0.109. The third kappa shape index (κ3) is 1.02. The summed E-state index contributed by atoms with van der Waals surface area (Å²) in [4.78, 5) is 18.8. The molecule has 4 heteroatoms. The van der Waals surface area contributed by atoms with Gasteiger partial charge in [0.05, 0.1) is 6.04 Å². The van der Waals surface area contributed by atoms with Gasteiger partial charge >= 0.3 is 0 Å². The van der Waals surface area contributed by atoms with E-state index in [0.29, 0.717) is 0 Å². The van der Waals surface area contributed by atoms with Gasteiger partial charge in [-0.15, -0.1) is 0 Å². The summed E-state index contributed by atoms with van der Waals surface area (Å²) in [6.07, 6.45) is 4.16. The van der Waals surface area contributed by atoms with E-state index in [2.05, 4.69) is 15.3 Å². The smallest absolute Gasteiger partial charge is 0.143 e. The average molecular weight is 177 g/mol. The highest BCUT2D eigenvalue weighted by molar-refractivity contribution is 5.73. The summed E-state index contributed by atoms with van der Waals surface area (Å²) < 4.78 is 0. The Bertz CT molecular complexity index is 348. The number of aldehydes is 1. The number of anilines is 1. The lowest BCUT2D eigenvalue weighted by atomic mass is 9.82. The highest BCUT2D eigenvalue weighted by Gasteiger charge is 2.40. The van der Waals surface area contributed by atoms with Gasteiger partial charge in [0.25, 0.3) is 0 Å². The van der Waals surface area contributed by atoms with Crippen LogP contribution in [0.3, 0.4) is 0 Å². The van der Waals surface area contributed by atoms with Crippen LogP contribution >= 0.6 is 0 Å². The van der Waals surface area contributed by atoms with Gasteiger partial charge in [0.1, 0.15) is 18.4 Å². The third-order valence-corrected chi connectivity index (χ3v) is 2.61. The molecule has 13 heavy (non-hydrogen) atoms. The number of carbonyl (C=O) groups is 1. The van der Waals surface area contributed by atoms with E-state index in [1.807, 2.05) is 13.8 Å². The zero-order valence-electron chi connectivity index (χ0n) is 7.61. The summed E-state index contributed by atoms with van der Waals surface area (Å²) >= 11 is 0. The first-order chi connectivity index (χ1) is 6.16. The lowest BCUT2D eigenvalue weighted by Gasteiger charge is -2.21. The van der Waals surface area contributed by atoms with Crippen molar-refractivity contribution in [3.05, 3.63) is 18.1 Å². The standard InChI is InChI=1S/C9H11N3O/c1-9(2)6-3-10-5-11-8(6)12-7(9)4-13/h3-5,7H,1-2H3,(H,10,11,12). The number of nitrogens with zero attached hydrogens (tertiary/aromatic N) is 2. The summed E-state index contributed by atoms with van der Waals surface area (Å²) in [7, 11) is 0. The van der Waals surface area contributed by atoms with Crippen molar-refractivity contribution in [1.82, 2.24) is 9.97 Å². The Morgan fingerprint density at radius 1 is 1.62 bits per heavy atom. The Morgan fingerprint density at radius 3 is 3.00 bits per heavy atom. The zero-order chi connectivity index (χ0) is 9.47. The first kappa shape index (κ1) is 8.16. The highest BCUT2D eigenvalue weighted by atomic mass is 16.1. The number of aromatic nitrogens is 2. The van der Waals surface area contributed by atoms with Crippen LogP contribution in [0, 0.1) is 0 Å². The van der Waals surface area contributed by atoms with E-state index in [4.69, 9.17) is 0 Å². The Morgan fingerprint density at radius 2 is 2.38 bits per heavy atom. The summed E-state index contributed by atoms with van der Waals surface area (Å²) in [6.45, 7) is 4.02. The fourth-order valence-electron chi connectivity index (χ4n) is 1.62. The molecule has 1 aliphatic heterocycles. The molecule has 2 rings (SSSR count). The zero-order valence-corrected chi connectivity index (χ0v) is 7.61. The van der Waals surface area contributed by atoms with Crippen LogP contribution in [0.4, 0.5) is 5.82 Å². The first-order valence-corrected chi connectivity index (χ1v) is 4.18. The molecule has 1 aliphatic rings. The second-order valence-electron chi connectivity index (χ2n) is 3.76. The lowest BCUT2D eigenvalue weighted by Crippen LogP contribution is -2.34. The van der Waals surface area contributed by atoms with Crippen LogP contribution in [-0.2, 0) is 10.2 Å². The fourth-order valence-corrected chi connectivity index (χ4v) is 1.62. The van der Waals surface area contributed by atoms with Crippen molar-refractivity contribution < 1.29 is 4.79 Å². The molecule has 1 aromatic rings. The molecule has 0 fully saturated rings. The fraction of sp³-hybridized carbons (Fsp3) is 0.444. The van der Waals surface area contributed by atoms with Gasteiger partial charge in [-0.2, -0.15) is 0 Å². The third-order valence-electron chi connectivity index (χ3n) is 2.61. The SMILES string of the molecule is CC1(C)c2cncnc2NC1C=O. The maximum Gasteiger partial charge on any atom is 0.143 e. The highest BCUT2D eigenvalue weighted by Crippen LogP contribution is 2.37. The molecule has 0 radical (unpaired) electrons. The molecule has 4 nitrogen and oxygen atoms in total. The summed E-state index contributed by atoms with van der Waals surface area (Å²) in [5.74, 6) is 0.775.